The molecule has 3 amide bonds. The smallest absolute Gasteiger partial charge is 0.648 e. The van der Waals surface area contributed by atoms with E-state index in [1.807, 2.05) is 31.2 Å². The summed E-state index contributed by atoms with van der Waals surface area (Å²) in [4.78, 5) is 46.3. The van der Waals surface area contributed by atoms with Crippen molar-refractivity contribution in [2.45, 2.75) is 58.9 Å². The van der Waals surface area contributed by atoms with Crippen LogP contribution < -0.4 is 127 Å². The van der Waals surface area contributed by atoms with Crippen LogP contribution in [-0.2, 0) is 32.1 Å². The second kappa shape index (κ2) is 25.4. The zero-order valence-corrected chi connectivity index (χ0v) is 32.9. The van der Waals surface area contributed by atoms with Crippen LogP contribution in [0.4, 0.5) is 4.79 Å². The maximum atomic E-state index is 11.9. The molecule has 1 aromatic rings. The average Bonchev–Trinajstić information content (AvgIpc) is 2.82. The van der Waals surface area contributed by atoms with Crippen molar-refractivity contribution in [3.63, 3.8) is 0 Å². The molecular weight excluding hydrogens is 619 g/mol. The zero-order valence-electron chi connectivity index (χ0n) is 23.1. The number of nitrogens with one attached hydrogen (secondary N) is 2. The van der Waals surface area contributed by atoms with Crippen molar-refractivity contribution in [3.8, 4) is 0 Å². The van der Waals surface area contributed by atoms with Crippen molar-refractivity contribution in [3.05, 3.63) is 57.8 Å². The first kappa shape index (κ1) is 39.6. The third-order valence-electron chi connectivity index (χ3n) is 5.02. The fraction of sp³-hybridized carbons (Fsp3) is 0.538. The number of benzene rings is 1. The molecule has 37 heavy (non-hydrogen) atoms. The Hall–Kier alpha value is 0.410. The Labute approximate surface area is 320 Å². The summed E-state index contributed by atoms with van der Waals surface area (Å²) in [6, 6.07) is 7.07. The second-order valence-corrected chi connectivity index (χ2v) is 8.28. The Bertz CT molecular complexity index is 855. The third-order valence-corrected chi connectivity index (χ3v) is 5.02. The summed E-state index contributed by atoms with van der Waals surface area (Å²) < 4.78 is 5.30. The van der Waals surface area contributed by atoms with Gasteiger partial charge in [0, 0.05) is 39.7 Å². The fourth-order valence-electron chi connectivity index (χ4n) is 2.99. The van der Waals surface area contributed by atoms with E-state index in [1.165, 1.54) is 0 Å². The molecule has 9 nitrogen and oxygen atoms in total. The number of carbonyl (C=O) groups is 4. The van der Waals surface area contributed by atoms with Gasteiger partial charge in [0.2, 0.25) is 0 Å². The van der Waals surface area contributed by atoms with Crippen molar-refractivity contribution in [1.29, 1.82) is 0 Å². The minimum absolute atomic E-state index is 0. The van der Waals surface area contributed by atoms with E-state index in [9.17, 15) is 19.2 Å². The minimum Gasteiger partial charge on any atom is -0.648 e. The van der Waals surface area contributed by atoms with Crippen LogP contribution in [0.5, 0.6) is 0 Å². The SMILES string of the molecule is CN/C(C)=C\C(=O)Cc1ccc(C[N-]C(=O)COCCC[N-]C(=O)NCCCCCC(C)=O)cc1.[HH].[Rb+].[Rb+]. The van der Waals surface area contributed by atoms with Crippen LogP contribution in [-0.4, -0.2) is 56.9 Å². The molecule has 11 heteroatoms. The quantitative estimate of drug-likeness (QED) is 0.142. The van der Waals surface area contributed by atoms with Crippen LogP contribution in [0.1, 0.15) is 58.5 Å². The molecule has 0 spiro atoms. The Morgan fingerprint density at radius 2 is 1.62 bits per heavy atom. The molecule has 0 aliphatic rings. The predicted molar refractivity (Wildman–Crippen MR) is 138 cm³/mol. The standard InChI is InChI=1S/C26H40N4O5.2Rb.H2/c1-20(27-3)16-24(32)17-22-9-11-23(12-10-22)18-30-25(33)19-35-15-7-14-29-26(34)28-13-6-4-5-8-21(2)31;;;/h9-12,16H,4-8,13-15,17-19H2,1-3H3,(H4,27,28,29,30,32,33,34);;;1H/q;2*+1;/p-2. The monoisotopic (exact) mass is 658 g/mol. The maximum Gasteiger partial charge on any atom is 1.00 e. The number of allylic oxidation sites excluding steroid dienone is 2. The molecular formula is C26H40N4O5Rb2. The van der Waals surface area contributed by atoms with Gasteiger partial charge in [-0.15, -0.1) is 6.54 Å². The number of rotatable bonds is 18. The van der Waals surface area contributed by atoms with Gasteiger partial charge in [-0.3, -0.25) is 9.59 Å². The van der Waals surface area contributed by atoms with Gasteiger partial charge in [0.15, 0.2) is 11.8 Å². The maximum absolute atomic E-state index is 11.9. The van der Waals surface area contributed by atoms with Crippen LogP contribution in [0.3, 0.4) is 0 Å². The largest absolute Gasteiger partial charge is 1.00 e. The number of Topliss-reactive ketones (excluding diaryl/α,β-unsaturated/α-hetero) is 1. The Morgan fingerprint density at radius 3 is 2.27 bits per heavy atom. The molecule has 0 fully saturated rings. The van der Waals surface area contributed by atoms with Crippen molar-refractivity contribution in [2.24, 2.45) is 0 Å². The first-order chi connectivity index (χ1) is 16.8. The summed E-state index contributed by atoms with van der Waals surface area (Å²) in [6.45, 7) is 4.72. The molecule has 0 unspecified atom stereocenters. The third kappa shape index (κ3) is 22.9. The van der Waals surface area contributed by atoms with E-state index in [-0.39, 0.29) is 154 Å². The van der Waals surface area contributed by atoms with E-state index in [0.29, 0.717) is 39.0 Å². The number of ketones is 2. The van der Waals surface area contributed by atoms with E-state index >= 15 is 0 Å². The van der Waals surface area contributed by atoms with Gasteiger partial charge in [-0.25, -0.2) is 0 Å². The van der Waals surface area contributed by atoms with Crippen molar-refractivity contribution in [1.82, 2.24) is 10.6 Å². The van der Waals surface area contributed by atoms with Gasteiger partial charge >= 0.3 is 116 Å². The molecule has 1 rings (SSSR count). The molecule has 0 aromatic heterocycles. The summed E-state index contributed by atoms with van der Waals surface area (Å²) in [5, 5.41) is 13.5. The summed E-state index contributed by atoms with van der Waals surface area (Å²) in [5.74, 6) is -0.144. The molecule has 0 aliphatic carbocycles. The molecule has 0 radical (unpaired) electrons. The van der Waals surface area contributed by atoms with E-state index in [0.717, 1.165) is 36.1 Å². The number of unbranched alkanes of at least 4 members (excludes halogenated alkanes) is 2. The van der Waals surface area contributed by atoms with Gasteiger partial charge in [0.25, 0.3) is 0 Å². The van der Waals surface area contributed by atoms with E-state index in [2.05, 4.69) is 21.3 Å². The first-order valence-corrected chi connectivity index (χ1v) is 12.0. The van der Waals surface area contributed by atoms with Crippen molar-refractivity contribution >= 4 is 23.5 Å². The molecule has 1 aromatic carbocycles. The molecule has 0 saturated carbocycles. The molecule has 196 valence electrons. The average molecular weight is 660 g/mol. The van der Waals surface area contributed by atoms with E-state index in [1.54, 1.807) is 20.0 Å². The Kier molecular flexibility index (Phi) is 27.1. The van der Waals surface area contributed by atoms with Gasteiger partial charge in [-0.1, -0.05) is 49.2 Å². The van der Waals surface area contributed by atoms with Crippen LogP contribution in [0, 0.1) is 0 Å². The second-order valence-electron chi connectivity index (χ2n) is 8.28. The molecule has 0 aliphatic heterocycles. The Morgan fingerprint density at radius 1 is 0.946 bits per heavy atom. The molecule has 0 atom stereocenters. The number of nitrogens with zero attached hydrogens (tertiary/aromatic N) is 2. The van der Waals surface area contributed by atoms with Crippen LogP contribution in [0.25, 0.3) is 10.6 Å². The number of carbonyl (C=O) groups excluding carboxylic acids is 4. The van der Waals surface area contributed by atoms with Crippen molar-refractivity contribution < 1.29 is 142 Å². The molecule has 0 bridgehead atoms. The Balaban J connectivity index is -0.00000408. The minimum atomic E-state index is -0.359. The van der Waals surface area contributed by atoms with Gasteiger partial charge in [-0.2, -0.15) is 0 Å². The summed E-state index contributed by atoms with van der Waals surface area (Å²) in [6.07, 6.45) is 5.57. The van der Waals surface area contributed by atoms with Crippen LogP contribution in [0.2, 0.25) is 0 Å². The summed E-state index contributed by atoms with van der Waals surface area (Å²) >= 11 is 0. The number of hydrogen-bond donors (Lipinski definition) is 2. The number of amides is 3. The van der Waals surface area contributed by atoms with Gasteiger partial charge in [0.05, 0.1) is 12.5 Å². The van der Waals surface area contributed by atoms with Crippen LogP contribution in [0.15, 0.2) is 36.0 Å². The van der Waals surface area contributed by atoms with E-state index in [4.69, 9.17) is 4.74 Å². The van der Waals surface area contributed by atoms with E-state index < -0.39 is 0 Å². The molecule has 0 heterocycles. The fourth-order valence-corrected chi connectivity index (χ4v) is 2.99. The van der Waals surface area contributed by atoms with Gasteiger partial charge in [-0.05, 0) is 38.8 Å². The summed E-state index contributed by atoms with van der Waals surface area (Å²) in [5.41, 5.74) is 2.59. The van der Waals surface area contributed by atoms with Crippen LogP contribution >= 0.6 is 0 Å². The topological polar surface area (TPSA) is 130 Å². The van der Waals surface area contributed by atoms with Gasteiger partial charge in [0.1, 0.15) is 5.78 Å². The van der Waals surface area contributed by atoms with Crippen molar-refractivity contribution in [2.75, 3.05) is 33.4 Å². The molecule has 0 saturated heterocycles. The number of hydrogen-bond acceptors (Lipinski definition) is 6. The van der Waals surface area contributed by atoms with Gasteiger partial charge < -0.3 is 35.6 Å². The predicted octanol–water partition coefficient (Wildman–Crippen LogP) is -1.78. The first-order valence-electron chi connectivity index (χ1n) is 12.0. The summed E-state index contributed by atoms with van der Waals surface area (Å²) in [7, 11) is 1.77. The zero-order chi connectivity index (χ0) is 25.9. The number of urea groups is 1. The molecule has 2 N–H and O–H groups in total. The number of ether oxygens (including phenoxy) is 1. The normalized spacial score (nSPS) is 10.4.